The summed E-state index contributed by atoms with van der Waals surface area (Å²) < 4.78 is 0.962. The normalized spacial score (nSPS) is 11.5. The summed E-state index contributed by atoms with van der Waals surface area (Å²) in [7, 11) is 0. The van der Waals surface area contributed by atoms with Gasteiger partial charge >= 0.3 is 0 Å². The number of halogens is 1. The van der Waals surface area contributed by atoms with E-state index in [2.05, 4.69) is 21.2 Å². The van der Waals surface area contributed by atoms with Gasteiger partial charge in [0.2, 0.25) is 0 Å². The minimum Gasteiger partial charge on any atom is -0.345 e. The first kappa shape index (κ1) is 13.7. The third-order valence-corrected chi connectivity index (χ3v) is 4.46. The molecule has 0 saturated carbocycles. The van der Waals surface area contributed by atoms with Gasteiger partial charge in [-0.1, -0.05) is 13.8 Å². The summed E-state index contributed by atoms with van der Waals surface area (Å²) in [6, 6.07) is 1.83. The molecule has 0 atom stereocenters. The van der Waals surface area contributed by atoms with Crippen LogP contribution in [0.25, 0.3) is 0 Å². The van der Waals surface area contributed by atoms with Crippen LogP contribution in [0.3, 0.4) is 0 Å². The van der Waals surface area contributed by atoms with Crippen molar-refractivity contribution in [3.63, 3.8) is 0 Å². The third-order valence-electron chi connectivity index (χ3n) is 2.95. The predicted octanol–water partition coefficient (Wildman–Crippen LogP) is 2.76. The van der Waals surface area contributed by atoms with Crippen LogP contribution in [-0.2, 0) is 0 Å². The van der Waals surface area contributed by atoms with Crippen LogP contribution in [-0.4, -0.2) is 18.0 Å². The fourth-order valence-electron chi connectivity index (χ4n) is 1.51. The fourth-order valence-corrected chi connectivity index (χ4v) is 2.65. The number of rotatable bonds is 5. The average Bonchev–Trinajstić information content (AvgIpc) is 2.73. The topological polar surface area (TPSA) is 55.1 Å². The molecule has 0 saturated heterocycles. The zero-order valence-corrected chi connectivity index (χ0v) is 12.0. The molecule has 0 aliphatic carbocycles. The highest BCUT2D eigenvalue weighted by Gasteiger charge is 2.26. The Balaban J connectivity index is 2.76. The van der Waals surface area contributed by atoms with Crippen molar-refractivity contribution < 1.29 is 4.79 Å². The van der Waals surface area contributed by atoms with Gasteiger partial charge in [-0.05, 0) is 34.8 Å². The number of nitrogens with two attached hydrogens (primary N) is 1. The Hall–Kier alpha value is -0.390. The first-order chi connectivity index (χ1) is 7.56. The van der Waals surface area contributed by atoms with Gasteiger partial charge in [-0.3, -0.25) is 4.79 Å². The van der Waals surface area contributed by atoms with Crippen molar-refractivity contribution in [3.8, 4) is 0 Å². The van der Waals surface area contributed by atoms with Gasteiger partial charge in [-0.2, -0.15) is 0 Å². The quantitative estimate of drug-likeness (QED) is 0.879. The monoisotopic (exact) mass is 304 g/mol. The highest BCUT2D eigenvalue weighted by molar-refractivity contribution is 9.11. The molecular formula is C11H17BrN2OS. The number of hydrogen-bond acceptors (Lipinski definition) is 3. The van der Waals surface area contributed by atoms with Crippen molar-refractivity contribution in [1.82, 2.24) is 5.32 Å². The first-order valence-electron chi connectivity index (χ1n) is 5.33. The Bertz CT molecular complexity index is 352. The van der Waals surface area contributed by atoms with Crippen LogP contribution in [0.1, 0.15) is 37.0 Å². The lowest BCUT2D eigenvalue weighted by atomic mass is 9.92. The van der Waals surface area contributed by atoms with E-state index in [0.29, 0.717) is 12.1 Å². The second-order valence-corrected chi connectivity index (χ2v) is 6.08. The lowest BCUT2D eigenvalue weighted by Gasteiger charge is -2.31. The van der Waals surface area contributed by atoms with Crippen LogP contribution in [0, 0.1) is 0 Å². The molecule has 1 rings (SSSR count). The second-order valence-electron chi connectivity index (χ2n) is 3.79. The number of amides is 1. The van der Waals surface area contributed by atoms with Crippen LogP contribution < -0.4 is 11.1 Å². The summed E-state index contributed by atoms with van der Waals surface area (Å²) in [5, 5.41) is 4.87. The lowest BCUT2D eigenvalue weighted by molar-refractivity contribution is 0.0895. The highest BCUT2D eigenvalue weighted by Crippen LogP contribution is 2.22. The number of carbonyl (C=O) groups is 1. The van der Waals surface area contributed by atoms with Gasteiger partial charge in [-0.15, -0.1) is 11.3 Å². The smallest absolute Gasteiger partial charge is 0.252 e. The Morgan fingerprint density at radius 2 is 2.19 bits per heavy atom. The molecule has 3 N–H and O–H groups in total. The maximum atomic E-state index is 12.0. The molecule has 1 aromatic heterocycles. The minimum atomic E-state index is -0.272. The Labute approximate surface area is 109 Å². The molecule has 0 spiro atoms. The van der Waals surface area contributed by atoms with Crippen molar-refractivity contribution in [2.75, 3.05) is 6.54 Å². The molecule has 0 aliphatic heterocycles. The van der Waals surface area contributed by atoms with E-state index in [4.69, 9.17) is 5.73 Å². The molecule has 16 heavy (non-hydrogen) atoms. The third kappa shape index (κ3) is 3.06. The van der Waals surface area contributed by atoms with E-state index < -0.39 is 0 Å². The van der Waals surface area contributed by atoms with Crippen LogP contribution in [0.4, 0.5) is 0 Å². The lowest BCUT2D eigenvalue weighted by Crippen LogP contribution is -2.52. The zero-order valence-electron chi connectivity index (χ0n) is 9.55. The summed E-state index contributed by atoms with van der Waals surface area (Å²) in [5.74, 6) is -0.0453. The van der Waals surface area contributed by atoms with E-state index in [1.807, 2.05) is 25.3 Å². The number of carbonyl (C=O) groups excluding carboxylic acids is 1. The molecule has 0 radical (unpaired) electrons. The van der Waals surface area contributed by atoms with E-state index >= 15 is 0 Å². The molecule has 1 aromatic rings. The molecule has 1 amide bonds. The molecule has 0 aliphatic rings. The van der Waals surface area contributed by atoms with Crippen molar-refractivity contribution in [2.24, 2.45) is 5.73 Å². The van der Waals surface area contributed by atoms with Gasteiger partial charge in [-0.25, -0.2) is 0 Å². The SMILES string of the molecule is CCC(CC)(CN)NC(=O)c1csc(Br)c1. The van der Waals surface area contributed by atoms with E-state index in [9.17, 15) is 4.79 Å². The number of hydrogen-bond donors (Lipinski definition) is 2. The summed E-state index contributed by atoms with van der Waals surface area (Å²) in [6.45, 7) is 4.55. The fraction of sp³-hybridized carbons (Fsp3) is 0.545. The van der Waals surface area contributed by atoms with E-state index in [-0.39, 0.29) is 11.4 Å². The predicted molar refractivity (Wildman–Crippen MR) is 71.9 cm³/mol. The minimum absolute atomic E-state index is 0.0453. The first-order valence-corrected chi connectivity index (χ1v) is 7.00. The number of nitrogens with one attached hydrogen (secondary N) is 1. The van der Waals surface area contributed by atoms with E-state index in [1.54, 1.807) is 0 Å². The van der Waals surface area contributed by atoms with Crippen molar-refractivity contribution in [2.45, 2.75) is 32.2 Å². The molecule has 0 aromatic carbocycles. The highest BCUT2D eigenvalue weighted by atomic mass is 79.9. The van der Waals surface area contributed by atoms with Crippen LogP contribution in [0.2, 0.25) is 0 Å². The van der Waals surface area contributed by atoms with Gasteiger partial charge in [0.25, 0.3) is 5.91 Å². The molecule has 90 valence electrons. The summed E-state index contributed by atoms with van der Waals surface area (Å²) in [4.78, 5) is 12.0. The average molecular weight is 305 g/mol. The van der Waals surface area contributed by atoms with Crippen molar-refractivity contribution in [3.05, 3.63) is 20.8 Å². The van der Waals surface area contributed by atoms with E-state index in [1.165, 1.54) is 11.3 Å². The van der Waals surface area contributed by atoms with Gasteiger partial charge in [0.1, 0.15) is 0 Å². The van der Waals surface area contributed by atoms with Gasteiger partial charge in [0, 0.05) is 11.9 Å². The van der Waals surface area contributed by atoms with E-state index in [0.717, 1.165) is 16.6 Å². The summed E-state index contributed by atoms with van der Waals surface area (Å²) in [5.41, 5.74) is 6.16. The second kappa shape index (κ2) is 5.80. The largest absolute Gasteiger partial charge is 0.345 e. The molecular weight excluding hydrogens is 288 g/mol. The van der Waals surface area contributed by atoms with Crippen LogP contribution in [0.5, 0.6) is 0 Å². The van der Waals surface area contributed by atoms with Gasteiger partial charge < -0.3 is 11.1 Å². The number of thiophene rings is 1. The Kier molecular flexibility index (Phi) is 4.95. The van der Waals surface area contributed by atoms with Crippen molar-refractivity contribution >= 4 is 33.2 Å². The summed E-state index contributed by atoms with van der Waals surface area (Å²) in [6.07, 6.45) is 1.69. The summed E-state index contributed by atoms with van der Waals surface area (Å²) >= 11 is 4.85. The van der Waals surface area contributed by atoms with Crippen LogP contribution in [0.15, 0.2) is 15.2 Å². The Morgan fingerprint density at radius 3 is 2.56 bits per heavy atom. The molecule has 5 heteroatoms. The molecule has 0 unspecified atom stereocenters. The maximum absolute atomic E-state index is 12.0. The maximum Gasteiger partial charge on any atom is 0.252 e. The standard InChI is InChI=1S/C11H17BrN2OS/c1-3-11(4-2,7-13)14-10(15)8-5-9(12)16-6-8/h5-6H,3-4,7,13H2,1-2H3,(H,14,15). The molecule has 3 nitrogen and oxygen atoms in total. The van der Waals surface area contributed by atoms with Gasteiger partial charge in [0.05, 0.1) is 14.9 Å². The Morgan fingerprint density at radius 1 is 1.56 bits per heavy atom. The van der Waals surface area contributed by atoms with Gasteiger partial charge in [0.15, 0.2) is 0 Å². The molecule has 0 fully saturated rings. The zero-order chi connectivity index (χ0) is 12.2. The molecule has 0 bridgehead atoms. The van der Waals surface area contributed by atoms with Crippen LogP contribution >= 0.6 is 27.3 Å². The molecule has 1 heterocycles. The van der Waals surface area contributed by atoms with Crippen molar-refractivity contribution in [1.29, 1.82) is 0 Å².